The normalized spacial score (nSPS) is 24.6. The molecule has 4 rings (SSSR count). The van der Waals surface area contributed by atoms with Gasteiger partial charge in [0.05, 0.1) is 23.9 Å². The number of carboxylic acids is 4. The van der Waals surface area contributed by atoms with Gasteiger partial charge in [-0.1, -0.05) is 12.8 Å². The van der Waals surface area contributed by atoms with Crippen molar-refractivity contribution in [3.8, 4) is 0 Å². The molecule has 2 heterocycles. The van der Waals surface area contributed by atoms with E-state index in [4.69, 9.17) is 11.5 Å². The zero-order valence-corrected chi connectivity index (χ0v) is 22.1. The molecule has 1 unspecified atom stereocenters. The van der Waals surface area contributed by atoms with Gasteiger partial charge in [0.25, 0.3) is 0 Å². The Kier molecular flexibility index (Phi) is 15.5. The number of hydrogen-bond acceptors (Lipinski definition) is 12. The van der Waals surface area contributed by atoms with E-state index in [1.165, 1.54) is 38.8 Å². The van der Waals surface area contributed by atoms with Crippen molar-refractivity contribution in [2.75, 3.05) is 26.2 Å². The van der Waals surface area contributed by atoms with Gasteiger partial charge in [-0.25, -0.2) is 0 Å². The third-order valence-corrected chi connectivity index (χ3v) is 6.87. The number of carbonyl (C=O) groups excluding carboxylic acids is 4. The van der Waals surface area contributed by atoms with Crippen molar-refractivity contribution in [1.29, 1.82) is 0 Å². The van der Waals surface area contributed by atoms with E-state index in [1.54, 1.807) is 0 Å². The summed E-state index contributed by atoms with van der Waals surface area (Å²) in [6, 6.07) is 1.25. The molecule has 2 atom stereocenters. The van der Waals surface area contributed by atoms with Crippen LogP contribution >= 0.6 is 0 Å². The van der Waals surface area contributed by atoms with Crippen molar-refractivity contribution >= 4 is 23.9 Å². The van der Waals surface area contributed by atoms with Crippen molar-refractivity contribution < 1.29 is 60.7 Å². The van der Waals surface area contributed by atoms with E-state index in [-0.39, 0.29) is 46.7 Å². The maximum atomic E-state index is 10.2. The van der Waals surface area contributed by atoms with E-state index in [1.807, 2.05) is 0 Å². The predicted octanol–water partition coefficient (Wildman–Crippen LogP) is -5.30. The van der Waals surface area contributed by atoms with E-state index in [9.17, 15) is 39.6 Å². The molecule has 0 aromatic carbocycles. The third-order valence-electron chi connectivity index (χ3n) is 6.87. The van der Waals surface area contributed by atoms with Gasteiger partial charge in [-0.3, -0.25) is 0 Å². The van der Waals surface area contributed by atoms with Crippen LogP contribution in [0.3, 0.4) is 0 Å². The molecule has 0 radical (unpaired) electrons. The first kappa shape index (κ1) is 33.4. The summed E-state index contributed by atoms with van der Waals surface area (Å²) < 4.78 is 0. The van der Waals surface area contributed by atoms with Crippen molar-refractivity contribution in [2.24, 2.45) is 22.3 Å². The Balaban J connectivity index is 0.000000442. The van der Waals surface area contributed by atoms with Crippen molar-refractivity contribution in [2.45, 2.75) is 76.3 Å². The maximum Gasteiger partial charge on any atom is 4.00 e. The number of rotatable bonds is 6. The van der Waals surface area contributed by atoms with Gasteiger partial charge in [0.2, 0.25) is 0 Å². The Morgan fingerprint density at radius 3 is 0.971 bits per heavy atom. The first-order valence-electron chi connectivity index (χ1n) is 11.8. The van der Waals surface area contributed by atoms with E-state index in [2.05, 4.69) is 10.6 Å². The number of carboxylic acid groups (broad SMARTS) is 4. The second kappa shape index (κ2) is 16.2. The SMILES string of the molecule is NCC1CCCN1.NC[C@H]1CCCN1.O=C([O-])C1(C(=O)[O-])CCC1.O=C([O-])C1(C(=O)[O-])CCC1.[Pt+4]. The summed E-state index contributed by atoms with van der Waals surface area (Å²) in [5.41, 5.74) is 7.41. The molecule has 2 saturated carbocycles. The summed E-state index contributed by atoms with van der Waals surface area (Å²) in [7, 11) is 0. The minimum atomic E-state index is -1.67. The summed E-state index contributed by atoms with van der Waals surface area (Å²) >= 11 is 0. The molecule has 13 heteroatoms. The molecule has 6 N–H and O–H groups in total. The van der Waals surface area contributed by atoms with E-state index < -0.39 is 34.7 Å². The minimum absolute atomic E-state index is 0. The zero-order valence-electron chi connectivity index (χ0n) is 19.8. The van der Waals surface area contributed by atoms with E-state index >= 15 is 0 Å². The van der Waals surface area contributed by atoms with Crippen LogP contribution in [0.5, 0.6) is 0 Å². The van der Waals surface area contributed by atoms with Crippen LogP contribution in [-0.4, -0.2) is 62.1 Å². The van der Waals surface area contributed by atoms with Gasteiger partial charge in [-0.15, -0.1) is 0 Å². The van der Waals surface area contributed by atoms with Crippen molar-refractivity contribution in [1.82, 2.24) is 10.6 Å². The van der Waals surface area contributed by atoms with Crippen molar-refractivity contribution in [3.63, 3.8) is 0 Å². The third kappa shape index (κ3) is 9.42. The first-order chi connectivity index (χ1) is 16.1. The second-order valence-electron chi connectivity index (χ2n) is 9.08. The standard InChI is InChI=1S/2C6H8O4.2C5H12N2.Pt/c2*7-4(8)6(5(9)10)2-1-3-6;2*6-4-5-2-1-3-7-5;/h2*1-3H2,(H,7,8)(H,9,10);2*5,7H,1-4,6H2;/q;;;;+4/p-4/t;;5-;;/m..1../s1. The summed E-state index contributed by atoms with van der Waals surface area (Å²) in [4.78, 5) is 40.9. The van der Waals surface area contributed by atoms with Gasteiger partial charge >= 0.3 is 21.1 Å². The van der Waals surface area contributed by atoms with Crippen LogP contribution in [0.2, 0.25) is 0 Å². The quantitative estimate of drug-likeness (QED) is 0.193. The number of nitrogens with two attached hydrogens (primary N) is 2. The number of nitrogens with one attached hydrogen (secondary N) is 2. The van der Waals surface area contributed by atoms with Gasteiger partial charge < -0.3 is 61.7 Å². The molecule has 4 aliphatic rings. The summed E-state index contributed by atoms with van der Waals surface area (Å²) in [5.74, 6) is -6.06. The van der Waals surface area contributed by atoms with Crippen LogP contribution < -0.4 is 42.5 Å². The fourth-order valence-corrected chi connectivity index (χ4v) is 3.96. The molecule has 0 spiro atoms. The molecule has 4 fully saturated rings. The average Bonchev–Trinajstić information content (AvgIpc) is 3.40. The minimum Gasteiger partial charge on any atom is -0.549 e. The smallest absolute Gasteiger partial charge is 0.549 e. The fraction of sp³-hybridized carbons (Fsp3) is 0.818. The molecule has 0 bridgehead atoms. The van der Waals surface area contributed by atoms with Gasteiger partial charge in [-0.05, 0) is 64.5 Å². The molecule has 35 heavy (non-hydrogen) atoms. The van der Waals surface area contributed by atoms with Crippen LogP contribution in [0, 0.1) is 10.8 Å². The van der Waals surface area contributed by atoms with Gasteiger partial charge in [0.15, 0.2) is 0 Å². The van der Waals surface area contributed by atoms with Gasteiger partial charge in [0.1, 0.15) is 0 Å². The number of aliphatic carboxylic acids is 4. The summed E-state index contributed by atoms with van der Waals surface area (Å²) in [5, 5.41) is 47.4. The first-order valence-corrected chi connectivity index (χ1v) is 11.8. The molecular formula is C22H36N4O8Pt. The Morgan fingerprint density at radius 2 is 0.914 bits per heavy atom. The number of hydrogen-bond donors (Lipinski definition) is 4. The molecule has 12 nitrogen and oxygen atoms in total. The van der Waals surface area contributed by atoms with Crippen LogP contribution in [0.1, 0.15) is 64.2 Å². The Morgan fingerprint density at radius 1 is 0.629 bits per heavy atom. The molecule has 202 valence electrons. The van der Waals surface area contributed by atoms with E-state index in [0.29, 0.717) is 24.9 Å². The predicted molar refractivity (Wildman–Crippen MR) is 113 cm³/mol. The molecule has 2 saturated heterocycles. The number of carbonyl (C=O) groups is 4. The fourth-order valence-electron chi connectivity index (χ4n) is 3.96. The van der Waals surface area contributed by atoms with Gasteiger partial charge in [0, 0.05) is 36.0 Å². The molecule has 0 amide bonds. The van der Waals surface area contributed by atoms with Crippen molar-refractivity contribution in [3.05, 3.63) is 0 Å². The van der Waals surface area contributed by atoms with E-state index in [0.717, 1.165) is 13.1 Å². The second-order valence-corrected chi connectivity index (χ2v) is 9.08. The topological polar surface area (TPSA) is 237 Å². The maximum absolute atomic E-state index is 10.2. The van der Waals surface area contributed by atoms with Crippen LogP contribution in [0.25, 0.3) is 0 Å². The molecule has 0 aromatic heterocycles. The van der Waals surface area contributed by atoms with Crippen LogP contribution in [0.4, 0.5) is 0 Å². The monoisotopic (exact) mass is 679 g/mol. The Labute approximate surface area is 219 Å². The average molecular weight is 680 g/mol. The van der Waals surface area contributed by atoms with Gasteiger partial charge in [-0.2, -0.15) is 0 Å². The Hall–Kier alpha value is -1.59. The summed E-state index contributed by atoms with van der Waals surface area (Å²) in [6.07, 6.45) is 7.02. The largest absolute Gasteiger partial charge is 4.00 e. The Bertz CT molecular complexity index is 599. The van der Waals surface area contributed by atoms with Crippen LogP contribution in [0.15, 0.2) is 0 Å². The molecule has 2 aliphatic carbocycles. The van der Waals surface area contributed by atoms with Crippen LogP contribution in [-0.2, 0) is 40.2 Å². The molecule has 0 aromatic rings. The summed E-state index contributed by atoms with van der Waals surface area (Å²) in [6.45, 7) is 3.95. The molecular weight excluding hydrogens is 643 g/mol. The molecule has 2 aliphatic heterocycles. The zero-order chi connectivity index (χ0) is 25.8.